The van der Waals surface area contributed by atoms with Gasteiger partial charge in [0.05, 0.1) is 0 Å². The van der Waals surface area contributed by atoms with Gasteiger partial charge < -0.3 is 0 Å². The van der Waals surface area contributed by atoms with E-state index in [-0.39, 0.29) is 0 Å². The number of hydrogen-bond donors (Lipinski definition) is 0. The van der Waals surface area contributed by atoms with Gasteiger partial charge in [-0.3, -0.25) is 0 Å². The molecule has 0 unspecified atom stereocenters. The van der Waals surface area contributed by atoms with Crippen LogP contribution in [0.15, 0.2) is 18.2 Å². The molecule has 0 bridgehead atoms. The molecule has 1 aromatic rings. The highest BCUT2D eigenvalue weighted by Crippen LogP contribution is 2.19. The van der Waals surface area contributed by atoms with Crippen LogP contribution >= 0.6 is 0 Å². The summed E-state index contributed by atoms with van der Waals surface area (Å²) in [6.45, 7) is 7.52. The molecule has 0 fully saturated rings. The van der Waals surface area contributed by atoms with Crippen LogP contribution in [0, 0.1) is 13.8 Å². The Morgan fingerprint density at radius 2 is 1.87 bits per heavy atom. The van der Waals surface area contributed by atoms with Crippen LogP contribution in [-0.2, 0) is 6.42 Å². The van der Waals surface area contributed by atoms with Crippen LogP contribution in [0.2, 0.25) is 0 Å². The summed E-state index contributed by atoms with van der Waals surface area (Å²) in [6.07, 6.45) is 2.55. The number of alkyl halides is 1. The minimum absolute atomic E-state index is 0.639. The lowest BCUT2D eigenvalue weighted by atomic mass is 9.97. The van der Waals surface area contributed by atoms with E-state index in [1.165, 1.54) is 16.7 Å². The second-order valence-electron chi connectivity index (χ2n) is 5.00. The van der Waals surface area contributed by atoms with Crippen molar-refractivity contribution in [2.75, 3.05) is 0 Å². The normalized spacial score (nSPS) is 11.8. The summed E-state index contributed by atoms with van der Waals surface area (Å²) < 4.78 is 13.3. The van der Waals surface area contributed by atoms with Crippen LogP contribution in [0.1, 0.15) is 43.4 Å². The summed E-state index contributed by atoms with van der Waals surface area (Å²) in [4.78, 5) is 0. The van der Waals surface area contributed by atoms with Gasteiger partial charge in [0, 0.05) is 0 Å². The summed E-state index contributed by atoms with van der Waals surface area (Å²) in [6, 6.07) is 6.48. The van der Waals surface area contributed by atoms with E-state index in [1.54, 1.807) is 13.8 Å². The van der Waals surface area contributed by atoms with Crippen LogP contribution in [0.4, 0.5) is 4.39 Å². The third-order valence-corrected chi connectivity index (χ3v) is 2.72. The van der Waals surface area contributed by atoms with Gasteiger partial charge in [0.2, 0.25) is 0 Å². The number of hydrogen-bond acceptors (Lipinski definition) is 0. The van der Waals surface area contributed by atoms with Crippen molar-refractivity contribution in [3.63, 3.8) is 0 Å². The molecule has 1 rings (SSSR count). The van der Waals surface area contributed by atoms with Gasteiger partial charge in [0.25, 0.3) is 0 Å². The molecule has 84 valence electrons. The first-order valence-corrected chi connectivity index (χ1v) is 5.63. The van der Waals surface area contributed by atoms with E-state index in [2.05, 4.69) is 32.0 Å². The molecule has 1 heteroatoms. The van der Waals surface area contributed by atoms with Crippen LogP contribution < -0.4 is 0 Å². The Kier molecular flexibility index (Phi) is 3.90. The Hall–Kier alpha value is -0.850. The van der Waals surface area contributed by atoms with Gasteiger partial charge in [0.15, 0.2) is 0 Å². The third-order valence-electron chi connectivity index (χ3n) is 2.72. The van der Waals surface area contributed by atoms with Gasteiger partial charge >= 0.3 is 0 Å². The molecule has 0 heterocycles. The Bertz CT molecular complexity index is 321. The Morgan fingerprint density at radius 1 is 1.20 bits per heavy atom. The average Bonchev–Trinajstić information content (AvgIpc) is 2.07. The molecule has 0 aliphatic rings. The quantitative estimate of drug-likeness (QED) is 0.689. The zero-order valence-corrected chi connectivity index (χ0v) is 10.2. The maximum atomic E-state index is 13.3. The van der Waals surface area contributed by atoms with Crippen molar-refractivity contribution < 1.29 is 4.39 Å². The molecule has 0 saturated carbocycles. The molecule has 0 aliphatic carbocycles. The smallest absolute Gasteiger partial charge is 0.105 e. The van der Waals surface area contributed by atoms with Crippen molar-refractivity contribution in [1.82, 2.24) is 0 Å². The van der Waals surface area contributed by atoms with Crippen molar-refractivity contribution in [2.45, 2.75) is 52.6 Å². The number of aryl methyl sites for hydroxylation is 3. The standard InChI is InChI=1S/C14H21F/c1-11-7-8-13(12(2)10-11)6-5-9-14(3,4)15/h7-8,10H,5-6,9H2,1-4H3. The molecular weight excluding hydrogens is 187 g/mol. The minimum Gasteiger partial charge on any atom is -0.245 e. The van der Waals surface area contributed by atoms with E-state index in [0.717, 1.165) is 12.8 Å². The lowest BCUT2D eigenvalue weighted by molar-refractivity contribution is 0.197. The van der Waals surface area contributed by atoms with Gasteiger partial charge in [-0.25, -0.2) is 4.39 Å². The fourth-order valence-electron chi connectivity index (χ4n) is 1.83. The first-order chi connectivity index (χ1) is 6.88. The van der Waals surface area contributed by atoms with Crippen LogP contribution in [0.5, 0.6) is 0 Å². The van der Waals surface area contributed by atoms with Crippen molar-refractivity contribution in [3.8, 4) is 0 Å². The third kappa shape index (κ3) is 4.46. The number of rotatable bonds is 4. The Labute approximate surface area is 92.5 Å². The molecule has 0 N–H and O–H groups in total. The fourth-order valence-corrected chi connectivity index (χ4v) is 1.83. The molecule has 15 heavy (non-hydrogen) atoms. The van der Waals surface area contributed by atoms with E-state index in [1.807, 2.05) is 0 Å². The zero-order valence-electron chi connectivity index (χ0n) is 10.2. The molecule has 0 radical (unpaired) electrons. The number of benzene rings is 1. The Morgan fingerprint density at radius 3 is 2.40 bits per heavy atom. The van der Waals surface area contributed by atoms with E-state index in [0.29, 0.717) is 6.42 Å². The minimum atomic E-state index is -1.03. The van der Waals surface area contributed by atoms with Crippen LogP contribution in [-0.4, -0.2) is 5.67 Å². The first kappa shape index (κ1) is 12.2. The lowest BCUT2D eigenvalue weighted by Crippen LogP contribution is -2.11. The maximum absolute atomic E-state index is 13.3. The second kappa shape index (κ2) is 4.78. The zero-order chi connectivity index (χ0) is 11.5. The van der Waals surface area contributed by atoms with E-state index >= 15 is 0 Å². The van der Waals surface area contributed by atoms with E-state index in [4.69, 9.17) is 0 Å². The van der Waals surface area contributed by atoms with Crippen molar-refractivity contribution in [1.29, 1.82) is 0 Å². The summed E-state index contributed by atoms with van der Waals surface area (Å²) in [7, 11) is 0. The van der Waals surface area contributed by atoms with Crippen LogP contribution in [0.3, 0.4) is 0 Å². The molecule has 1 aromatic carbocycles. The van der Waals surface area contributed by atoms with E-state index < -0.39 is 5.67 Å². The van der Waals surface area contributed by atoms with Gasteiger partial charge in [-0.2, -0.15) is 0 Å². The molecule has 0 amide bonds. The molecular formula is C14H21F. The SMILES string of the molecule is Cc1ccc(CCCC(C)(C)F)c(C)c1. The molecule has 0 nitrogen and oxygen atoms in total. The molecule has 0 aliphatic heterocycles. The van der Waals surface area contributed by atoms with Gasteiger partial charge in [-0.05, 0) is 58.1 Å². The predicted molar refractivity (Wildman–Crippen MR) is 64.0 cm³/mol. The molecule has 0 saturated heterocycles. The lowest BCUT2D eigenvalue weighted by Gasteiger charge is -2.14. The molecule has 0 spiro atoms. The van der Waals surface area contributed by atoms with Gasteiger partial charge in [-0.1, -0.05) is 23.8 Å². The largest absolute Gasteiger partial charge is 0.245 e. The molecule has 0 atom stereocenters. The predicted octanol–water partition coefficient (Wildman–Crippen LogP) is 4.37. The van der Waals surface area contributed by atoms with Crippen molar-refractivity contribution >= 4 is 0 Å². The summed E-state index contributed by atoms with van der Waals surface area (Å²) in [5.74, 6) is 0. The fraction of sp³-hybridized carbons (Fsp3) is 0.571. The first-order valence-electron chi connectivity index (χ1n) is 5.63. The van der Waals surface area contributed by atoms with Gasteiger partial charge in [0.1, 0.15) is 5.67 Å². The molecule has 0 aromatic heterocycles. The Balaban J connectivity index is 2.51. The highest BCUT2D eigenvalue weighted by Gasteiger charge is 2.14. The maximum Gasteiger partial charge on any atom is 0.105 e. The highest BCUT2D eigenvalue weighted by atomic mass is 19.1. The van der Waals surface area contributed by atoms with E-state index in [9.17, 15) is 4.39 Å². The second-order valence-corrected chi connectivity index (χ2v) is 5.00. The summed E-state index contributed by atoms with van der Waals surface area (Å²) >= 11 is 0. The summed E-state index contributed by atoms with van der Waals surface area (Å²) in [5, 5.41) is 0. The monoisotopic (exact) mass is 208 g/mol. The van der Waals surface area contributed by atoms with Crippen LogP contribution in [0.25, 0.3) is 0 Å². The average molecular weight is 208 g/mol. The highest BCUT2D eigenvalue weighted by molar-refractivity contribution is 5.30. The number of halogens is 1. The van der Waals surface area contributed by atoms with Crippen molar-refractivity contribution in [3.05, 3.63) is 34.9 Å². The summed E-state index contributed by atoms with van der Waals surface area (Å²) in [5.41, 5.74) is 2.94. The van der Waals surface area contributed by atoms with Crippen molar-refractivity contribution in [2.24, 2.45) is 0 Å². The topological polar surface area (TPSA) is 0 Å². The van der Waals surface area contributed by atoms with Gasteiger partial charge in [-0.15, -0.1) is 0 Å².